The highest BCUT2D eigenvalue weighted by molar-refractivity contribution is 5.94. The van der Waals surface area contributed by atoms with Crippen molar-refractivity contribution in [1.82, 2.24) is 0 Å². The summed E-state index contributed by atoms with van der Waals surface area (Å²) < 4.78 is 16.4. The number of hydrogen-bond acceptors (Lipinski definition) is 4. The van der Waals surface area contributed by atoms with Gasteiger partial charge in [0, 0.05) is 12.6 Å². The molecule has 156 valence electrons. The van der Waals surface area contributed by atoms with Crippen molar-refractivity contribution in [1.29, 1.82) is 0 Å². The lowest BCUT2D eigenvalue weighted by molar-refractivity contribution is 0.306. The van der Waals surface area contributed by atoms with Gasteiger partial charge in [0.1, 0.15) is 23.9 Å². The number of nitrogens with one attached hydrogen (secondary N) is 1. The molecule has 0 fully saturated rings. The molecule has 6 heteroatoms. The van der Waals surface area contributed by atoms with Gasteiger partial charge in [-0.2, -0.15) is 0 Å². The Morgan fingerprint density at radius 2 is 1.60 bits per heavy atom. The van der Waals surface area contributed by atoms with Crippen LogP contribution in [-0.2, 0) is 13.0 Å². The van der Waals surface area contributed by atoms with E-state index in [-0.39, 0.29) is 0 Å². The van der Waals surface area contributed by atoms with Gasteiger partial charge < -0.3 is 25.3 Å². The van der Waals surface area contributed by atoms with Crippen molar-refractivity contribution in [2.45, 2.75) is 13.0 Å². The molecule has 0 spiro atoms. The number of hydrogen-bond donors (Lipinski definition) is 2. The van der Waals surface area contributed by atoms with E-state index in [0.29, 0.717) is 36.3 Å². The highest BCUT2D eigenvalue weighted by Crippen LogP contribution is 2.28. The molecule has 0 aliphatic heterocycles. The number of anilines is 1. The monoisotopic (exact) mass is 405 g/mol. The van der Waals surface area contributed by atoms with Crippen LogP contribution in [0.1, 0.15) is 11.1 Å². The summed E-state index contributed by atoms with van der Waals surface area (Å²) in [6, 6.07) is 23.6. The minimum Gasteiger partial charge on any atom is -0.497 e. The molecule has 0 amide bonds. The molecule has 6 nitrogen and oxygen atoms in total. The topological polar surface area (TPSA) is 78.1 Å². The Hall–Kier alpha value is -3.67. The molecule has 0 saturated carbocycles. The molecule has 0 bridgehead atoms. The number of benzene rings is 3. The Kier molecular flexibility index (Phi) is 7.55. The maximum Gasteiger partial charge on any atom is 0.193 e. The van der Waals surface area contributed by atoms with E-state index in [1.54, 1.807) is 14.2 Å². The van der Waals surface area contributed by atoms with Crippen LogP contribution in [0.5, 0.6) is 17.2 Å². The lowest BCUT2D eigenvalue weighted by Crippen LogP contribution is -2.23. The van der Waals surface area contributed by atoms with Gasteiger partial charge in [0.2, 0.25) is 0 Å². The Labute approximate surface area is 177 Å². The molecule has 0 unspecified atom stereocenters. The average Bonchev–Trinajstić information content (AvgIpc) is 2.79. The lowest BCUT2D eigenvalue weighted by Gasteiger charge is -2.12. The van der Waals surface area contributed by atoms with Gasteiger partial charge in [-0.25, -0.2) is 0 Å². The minimum atomic E-state index is 0.323. The van der Waals surface area contributed by atoms with E-state index in [1.807, 2.05) is 72.8 Å². The third-order valence-electron chi connectivity index (χ3n) is 4.52. The lowest BCUT2D eigenvalue weighted by atomic mass is 10.1. The molecule has 30 heavy (non-hydrogen) atoms. The van der Waals surface area contributed by atoms with Crippen LogP contribution in [0.2, 0.25) is 0 Å². The summed E-state index contributed by atoms with van der Waals surface area (Å²) in [6.07, 6.45) is 0.774. The summed E-state index contributed by atoms with van der Waals surface area (Å²) in [4.78, 5) is 4.40. The second-order valence-electron chi connectivity index (χ2n) is 6.63. The van der Waals surface area contributed by atoms with Gasteiger partial charge in [0.05, 0.1) is 19.9 Å². The summed E-state index contributed by atoms with van der Waals surface area (Å²) in [5.41, 5.74) is 9.04. The summed E-state index contributed by atoms with van der Waals surface area (Å²) in [7, 11) is 3.22. The number of guanidine groups is 1. The zero-order chi connectivity index (χ0) is 21.2. The first-order valence-corrected chi connectivity index (χ1v) is 9.72. The van der Waals surface area contributed by atoms with Crippen LogP contribution in [0.15, 0.2) is 77.8 Å². The smallest absolute Gasteiger partial charge is 0.193 e. The third kappa shape index (κ3) is 6.17. The van der Waals surface area contributed by atoms with Crippen molar-refractivity contribution in [2.75, 3.05) is 26.1 Å². The molecular formula is C24H27N3O3. The molecule has 3 aromatic rings. The van der Waals surface area contributed by atoms with Gasteiger partial charge in [-0.15, -0.1) is 0 Å². The molecule has 3 N–H and O–H groups in total. The number of methoxy groups -OCH3 is 2. The molecule has 0 atom stereocenters. The zero-order valence-corrected chi connectivity index (χ0v) is 17.3. The second-order valence-corrected chi connectivity index (χ2v) is 6.63. The maximum absolute atomic E-state index is 6.03. The van der Waals surface area contributed by atoms with E-state index in [9.17, 15) is 0 Å². The summed E-state index contributed by atoms with van der Waals surface area (Å²) in [5.74, 6) is 2.54. The van der Waals surface area contributed by atoms with Gasteiger partial charge >= 0.3 is 0 Å². The Bertz CT molecular complexity index is 957. The Morgan fingerprint density at radius 3 is 2.30 bits per heavy atom. The van der Waals surface area contributed by atoms with Crippen molar-refractivity contribution in [3.05, 3.63) is 83.9 Å². The molecule has 3 rings (SSSR count). The second kappa shape index (κ2) is 10.8. The first-order valence-electron chi connectivity index (χ1n) is 9.72. The van der Waals surface area contributed by atoms with Crippen molar-refractivity contribution < 1.29 is 14.2 Å². The fourth-order valence-electron chi connectivity index (χ4n) is 2.89. The van der Waals surface area contributed by atoms with Crippen molar-refractivity contribution in [3.8, 4) is 17.2 Å². The first kappa shape index (κ1) is 21.0. The van der Waals surface area contributed by atoms with Crippen LogP contribution in [0.25, 0.3) is 0 Å². The summed E-state index contributed by atoms with van der Waals surface area (Å²) in [5, 5.41) is 3.07. The van der Waals surface area contributed by atoms with Crippen LogP contribution < -0.4 is 25.3 Å². The van der Waals surface area contributed by atoms with Crippen LogP contribution in [0.3, 0.4) is 0 Å². The highest BCUT2D eigenvalue weighted by atomic mass is 16.5. The van der Waals surface area contributed by atoms with Crippen LogP contribution >= 0.6 is 0 Å². The van der Waals surface area contributed by atoms with Crippen LogP contribution in [0.4, 0.5) is 5.69 Å². The standard InChI is InChI=1S/C24H27N3O3/c1-28-21-12-13-23(29-2)22(16-21)27-24(25)26-15-14-18-8-10-20(11-9-18)30-17-19-6-4-3-5-7-19/h3-13,16H,14-15,17H2,1-2H3,(H3,25,26,27). The number of rotatable bonds is 9. The summed E-state index contributed by atoms with van der Waals surface area (Å²) >= 11 is 0. The quantitative estimate of drug-likeness (QED) is 0.411. The van der Waals surface area contributed by atoms with E-state index in [2.05, 4.69) is 10.3 Å². The largest absolute Gasteiger partial charge is 0.497 e. The van der Waals surface area contributed by atoms with E-state index in [1.165, 1.54) is 0 Å². The molecule has 3 aromatic carbocycles. The number of nitrogens with zero attached hydrogens (tertiary/aromatic N) is 1. The zero-order valence-electron chi connectivity index (χ0n) is 17.3. The molecular weight excluding hydrogens is 378 g/mol. The first-order chi connectivity index (χ1) is 14.7. The van der Waals surface area contributed by atoms with Gasteiger partial charge in [0.25, 0.3) is 0 Å². The minimum absolute atomic E-state index is 0.323. The van der Waals surface area contributed by atoms with Gasteiger partial charge in [-0.1, -0.05) is 42.5 Å². The van der Waals surface area contributed by atoms with Crippen LogP contribution in [-0.4, -0.2) is 26.7 Å². The Morgan fingerprint density at radius 1 is 0.867 bits per heavy atom. The molecule has 0 aliphatic rings. The van der Waals surface area contributed by atoms with Crippen LogP contribution in [0, 0.1) is 0 Å². The molecule has 0 aromatic heterocycles. The van der Waals surface area contributed by atoms with E-state index in [0.717, 1.165) is 23.3 Å². The predicted molar refractivity (Wildman–Crippen MR) is 121 cm³/mol. The Balaban J connectivity index is 1.50. The van der Waals surface area contributed by atoms with Gasteiger partial charge in [-0.3, -0.25) is 4.99 Å². The van der Waals surface area contributed by atoms with Gasteiger partial charge in [0.15, 0.2) is 5.96 Å². The van der Waals surface area contributed by atoms with E-state index < -0.39 is 0 Å². The number of nitrogens with two attached hydrogens (primary N) is 1. The number of aliphatic imine (C=N–C) groups is 1. The molecule has 0 radical (unpaired) electrons. The average molecular weight is 405 g/mol. The van der Waals surface area contributed by atoms with E-state index in [4.69, 9.17) is 19.9 Å². The van der Waals surface area contributed by atoms with Crippen molar-refractivity contribution in [3.63, 3.8) is 0 Å². The van der Waals surface area contributed by atoms with Crippen molar-refractivity contribution >= 4 is 11.6 Å². The van der Waals surface area contributed by atoms with Gasteiger partial charge in [-0.05, 0) is 41.8 Å². The normalized spacial score (nSPS) is 11.1. The fraction of sp³-hybridized carbons (Fsp3) is 0.208. The number of ether oxygens (including phenoxy) is 3. The highest BCUT2D eigenvalue weighted by Gasteiger charge is 2.06. The predicted octanol–water partition coefficient (Wildman–Crippen LogP) is 4.25. The SMILES string of the molecule is COc1ccc(OC)c(NC(N)=NCCc2ccc(OCc3ccccc3)cc2)c1. The maximum atomic E-state index is 6.03. The molecule has 0 saturated heterocycles. The fourth-order valence-corrected chi connectivity index (χ4v) is 2.89. The third-order valence-corrected chi connectivity index (χ3v) is 4.52. The van der Waals surface area contributed by atoms with Crippen molar-refractivity contribution in [2.24, 2.45) is 10.7 Å². The molecule has 0 aliphatic carbocycles. The summed E-state index contributed by atoms with van der Waals surface area (Å²) in [6.45, 7) is 1.12. The van der Waals surface area contributed by atoms with E-state index >= 15 is 0 Å². The molecule has 0 heterocycles.